The van der Waals surface area contributed by atoms with Crippen LogP contribution in [0.25, 0.3) is 0 Å². The van der Waals surface area contributed by atoms with E-state index in [9.17, 15) is 33.6 Å². The molecule has 0 saturated heterocycles. The largest absolute Gasteiger partial charge is 0.444 e. The molecule has 0 aromatic carbocycles. The Morgan fingerprint density at radius 1 is 0.848 bits per heavy atom. The molecule has 0 aromatic heterocycles. The summed E-state index contributed by atoms with van der Waals surface area (Å²) in [5.41, 5.74) is 4.21. The van der Waals surface area contributed by atoms with E-state index in [2.05, 4.69) is 21.3 Å². The second-order valence-electron chi connectivity index (χ2n) is 8.34. The molecule has 186 valence electrons. The number of Topliss-reactive ketones (excluding diaryl/α,β-unsaturated/α-hetero) is 2. The summed E-state index contributed by atoms with van der Waals surface area (Å²) in [5, 5.41) is 9.22. The molecule has 0 aliphatic carbocycles. The number of carbonyl (C=O) groups excluding carboxylic acids is 7. The predicted octanol–water partition coefficient (Wildman–Crippen LogP) is -1.57. The van der Waals surface area contributed by atoms with E-state index in [0.717, 1.165) is 0 Å². The van der Waals surface area contributed by atoms with Crippen molar-refractivity contribution in [3.63, 3.8) is 0 Å². The van der Waals surface area contributed by atoms with Gasteiger partial charge in [0.25, 0.3) is 0 Å². The Hall–Kier alpha value is -3.51. The van der Waals surface area contributed by atoms with E-state index in [1.807, 2.05) is 0 Å². The van der Waals surface area contributed by atoms with E-state index in [-0.39, 0.29) is 25.0 Å². The fourth-order valence-corrected chi connectivity index (χ4v) is 2.43. The van der Waals surface area contributed by atoms with Gasteiger partial charge in [-0.3, -0.25) is 28.8 Å². The van der Waals surface area contributed by atoms with Crippen LogP contribution in [0.3, 0.4) is 0 Å². The number of hydrogen-bond acceptors (Lipinski definition) is 8. The summed E-state index contributed by atoms with van der Waals surface area (Å²) in [6.45, 7) is 6.53. The van der Waals surface area contributed by atoms with Gasteiger partial charge in [-0.15, -0.1) is 0 Å². The minimum atomic E-state index is -1.22. The van der Waals surface area contributed by atoms with Crippen molar-refractivity contribution < 1.29 is 38.3 Å². The molecule has 0 saturated carbocycles. The van der Waals surface area contributed by atoms with Crippen molar-refractivity contribution in [3.05, 3.63) is 0 Å². The van der Waals surface area contributed by atoms with Crippen LogP contribution in [-0.2, 0) is 33.5 Å². The molecule has 0 aromatic rings. The molecule has 0 radical (unpaired) electrons. The molecule has 13 nitrogen and oxygen atoms in total. The number of amides is 5. The van der Waals surface area contributed by atoms with Crippen LogP contribution in [0.5, 0.6) is 0 Å². The number of nitrogens with one attached hydrogen (secondary N) is 4. The van der Waals surface area contributed by atoms with Crippen molar-refractivity contribution in [2.75, 3.05) is 13.1 Å². The molecule has 0 spiro atoms. The molecule has 0 fully saturated rings. The van der Waals surface area contributed by atoms with Gasteiger partial charge in [-0.05, 0) is 41.0 Å². The van der Waals surface area contributed by atoms with E-state index in [1.54, 1.807) is 20.8 Å². The molecule has 33 heavy (non-hydrogen) atoms. The van der Waals surface area contributed by atoms with Gasteiger partial charge in [-0.25, -0.2) is 4.79 Å². The zero-order valence-electron chi connectivity index (χ0n) is 19.5. The monoisotopic (exact) mass is 471 g/mol. The number of ketones is 2. The van der Waals surface area contributed by atoms with Crippen molar-refractivity contribution in [1.82, 2.24) is 21.3 Å². The Balaban J connectivity index is 4.77. The lowest BCUT2D eigenvalue weighted by atomic mass is 10.1. The van der Waals surface area contributed by atoms with E-state index in [1.165, 1.54) is 13.8 Å². The predicted molar refractivity (Wildman–Crippen MR) is 116 cm³/mol. The van der Waals surface area contributed by atoms with Crippen molar-refractivity contribution in [2.24, 2.45) is 5.73 Å². The molecule has 0 bridgehead atoms. The molecule has 2 atom stereocenters. The van der Waals surface area contributed by atoms with Gasteiger partial charge in [0, 0.05) is 12.8 Å². The standard InChI is InChI=1S/C20H33N5O8/c1-11(26)8-14(18(31)22-9-15(21)28)25-16(29)7-6-13(12(2)27)24-17(30)10-23-19(32)33-20(3,4)5/h13-14H,6-10H2,1-5H3,(H2,21,28)(H,22,31)(H,23,32)(H,24,30)(H,25,29). The average Bonchev–Trinajstić information content (AvgIpc) is 2.65. The van der Waals surface area contributed by atoms with Crippen molar-refractivity contribution >= 4 is 41.3 Å². The second-order valence-corrected chi connectivity index (χ2v) is 8.34. The number of hydrogen-bond donors (Lipinski definition) is 5. The molecule has 2 unspecified atom stereocenters. The quantitative estimate of drug-likeness (QED) is 0.212. The molecule has 5 amide bonds. The smallest absolute Gasteiger partial charge is 0.408 e. The van der Waals surface area contributed by atoms with Crippen LogP contribution in [-0.4, -0.2) is 72.1 Å². The summed E-state index contributed by atoms with van der Waals surface area (Å²) in [6.07, 6.45) is -1.45. The summed E-state index contributed by atoms with van der Waals surface area (Å²) in [5.74, 6) is -3.67. The first-order chi connectivity index (χ1) is 15.1. The minimum absolute atomic E-state index is 0.0883. The molecule has 0 rings (SSSR count). The van der Waals surface area contributed by atoms with Crippen molar-refractivity contribution in [3.8, 4) is 0 Å². The third kappa shape index (κ3) is 15.0. The Kier molecular flexibility index (Phi) is 12.3. The Labute approximate surface area is 191 Å². The number of rotatable bonds is 13. The maximum absolute atomic E-state index is 12.2. The van der Waals surface area contributed by atoms with Crippen LogP contribution in [0.15, 0.2) is 0 Å². The van der Waals surface area contributed by atoms with E-state index in [4.69, 9.17) is 10.5 Å². The minimum Gasteiger partial charge on any atom is -0.444 e. The van der Waals surface area contributed by atoms with Crippen LogP contribution < -0.4 is 27.0 Å². The van der Waals surface area contributed by atoms with Gasteiger partial charge in [-0.1, -0.05) is 0 Å². The van der Waals surface area contributed by atoms with Crippen LogP contribution in [0.4, 0.5) is 4.79 Å². The summed E-state index contributed by atoms with van der Waals surface area (Å²) >= 11 is 0. The number of primary amides is 1. The molecule has 0 aliphatic heterocycles. The van der Waals surface area contributed by atoms with Crippen molar-refractivity contribution in [1.29, 1.82) is 0 Å². The maximum Gasteiger partial charge on any atom is 0.408 e. The number of nitrogens with two attached hydrogens (primary N) is 1. The van der Waals surface area contributed by atoms with Crippen LogP contribution in [0.2, 0.25) is 0 Å². The fraction of sp³-hybridized carbons (Fsp3) is 0.650. The molecule has 6 N–H and O–H groups in total. The molecule has 0 heterocycles. The highest BCUT2D eigenvalue weighted by molar-refractivity contribution is 5.94. The summed E-state index contributed by atoms with van der Waals surface area (Å²) in [6, 6.07) is -2.24. The fourth-order valence-electron chi connectivity index (χ4n) is 2.43. The lowest BCUT2D eigenvalue weighted by Crippen LogP contribution is -2.50. The Bertz CT molecular complexity index is 775. The Morgan fingerprint density at radius 2 is 1.42 bits per heavy atom. The first kappa shape index (κ1) is 29.5. The van der Waals surface area contributed by atoms with Gasteiger partial charge in [0.1, 0.15) is 24.0 Å². The maximum atomic E-state index is 12.2. The molecular weight excluding hydrogens is 438 g/mol. The van der Waals surface area contributed by atoms with Crippen LogP contribution in [0, 0.1) is 0 Å². The van der Waals surface area contributed by atoms with Gasteiger partial charge in [0.05, 0.1) is 12.6 Å². The lowest BCUT2D eigenvalue weighted by molar-refractivity contribution is -0.132. The van der Waals surface area contributed by atoms with Gasteiger partial charge in [0.15, 0.2) is 5.78 Å². The summed E-state index contributed by atoms with van der Waals surface area (Å²) in [4.78, 5) is 82.0. The third-order valence-corrected chi connectivity index (χ3v) is 3.86. The average molecular weight is 472 g/mol. The van der Waals surface area contributed by atoms with E-state index < -0.39 is 66.3 Å². The molecule has 13 heteroatoms. The van der Waals surface area contributed by atoms with Gasteiger partial charge in [-0.2, -0.15) is 0 Å². The first-order valence-corrected chi connectivity index (χ1v) is 10.2. The summed E-state index contributed by atoms with van der Waals surface area (Å²) < 4.78 is 5.00. The third-order valence-electron chi connectivity index (χ3n) is 3.86. The number of ether oxygens (including phenoxy) is 1. The van der Waals surface area contributed by atoms with Gasteiger partial charge in [0.2, 0.25) is 23.6 Å². The second kappa shape index (κ2) is 13.8. The van der Waals surface area contributed by atoms with E-state index in [0.29, 0.717) is 0 Å². The van der Waals surface area contributed by atoms with Crippen LogP contribution in [0.1, 0.15) is 53.9 Å². The number of alkyl carbamates (subject to hydrolysis) is 1. The lowest BCUT2D eigenvalue weighted by Gasteiger charge is -2.20. The highest BCUT2D eigenvalue weighted by Crippen LogP contribution is 2.06. The Morgan fingerprint density at radius 3 is 1.91 bits per heavy atom. The normalized spacial score (nSPS) is 12.5. The highest BCUT2D eigenvalue weighted by Gasteiger charge is 2.24. The zero-order chi connectivity index (χ0) is 25.8. The van der Waals surface area contributed by atoms with Gasteiger partial charge < -0.3 is 31.7 Å². The summed E-state index contributed by atoms with van der Waals surface area (Å²) in [7, 11) is 0. The SMILES string of the molecule is CC(=O)CC(NC(=O)CCC(NC(=O)CNC(=O)OC(C)(C)C)C(C)=O)C(=O)NCC(N)=O. The topological polar surface area (TPSA) is 203 Å². The zero-order valence-corrected chi connectivity index (χ0v) is 19.5. The van der Waals surface area contributed by atoms with E-state index >= 15 is 0 Å². The van der Waals surface area contributed by atoms with Crippen molar-refractivity contribution in [2.45, 2.75) is 71.6 Å². The molecule has 0 aliphatic rings. The number of carbonyl (C=O) groups is 7. The highest BCUT2D eigenvalue weighted by atomic mass is 16.6. The van der Waals surface area contributed by atoms with Gasteiger partial charge >= 0.3 is 6.09 Å². The molecular formula is C20H33N5O8. The van der Waals surface area contributed by atoms with Crippen LogP contribution >= 0.6 is 0 Å². The first-order valence-electron chi connectivity index (χ1n) is 10.2.